The molecule has 2 aliphatic rings. The lowest BCUT2D eigenvalue weighted by Crippen LogP contribution is -2.49. The summed E-state index contributed by atoms with van der Waals surface area (Å²) in [5.41, 5.74) is -0.447. The number of rotatable bonds is 12. The first-order valence-electron chi connectivity index (χ1n) is 11.3. The van der Waals surface area contributed by atoms with Crippen molar-refractivity contribution >= 4 is 21.8 Å². The molecule has 3 rings (SSSR count). The lowest BCUT2D eigenvalue weighted by Gasteiger charge is -2.27. The van der Waals surface area contributed by atoms with Gasteiger partial charge < -0.3 is 9.64 Å². The van der Waals surface area contributed by atoms with Crippen molar-refractivity contribution in [1.82, 2.24) is 10.2 Å². The second-order valence-electron chi connectivity index (χ2n) is 9.67. The lowest BCUT2D eigenvalue weighted by molar-refractivity contribution is -0.121. The topological polar surface area (TPSA) is 92.8 Å². The highest BCUT2D eigenvalue weighted by atomic mass is 32.2. The van der Waals surface area contributed by atoms with Crippen molar-refractivity contribution in [3.8, 4) is 5.75 Å². The van der Waals surface area contributed by atoms with Crippen molar-refractivity contribution in [2.75, 3.05) is 25.4 Å². The maximum Gasteiger partial charge on any atom is 0.324 e. The molecule has 0 radical (unpaired) electrons. The van der Waals surface area contributed by atoms with Gasteiger partial charge in [-0.15, -0.1) is 0 Å². The van der Waals surface area contributed by atoms with Crippen molar-refractivity contribution in [1.29, 1.82) is 0 Å². The maximum atomic E-state index is 14.0. The van der Waals surface area contributed by atoms with Gasteiger partial charge in [0.2, 0.25) is 5.91 Å². The van der Waals surface area contributed by atoms with Crippen LogP contribution in [-0.4, -0.2) is 50.7 Å². The molecule has 3 amide bonds. The molecule has 0 aromatic heterocycles. The van der Waals surface area contributed by atoms with Crippen molar-refractivity contribution in [2.45, 2.75) is 63.7 Å². The van der Waals surface area contributed by atoms with E-state index in [4.69, 9.17) is 4.74 Å². The number of carbonyl (C=O) groups excluding carboxylic acids is 2. The number of benzene rings is 1. The van der Waals surface area contributed by atoms with Crippen LogP contribution in [0.1, 0.15) is 58.8 Å². The summed E-state index contributed by atoms with van der Waals surface area (Å²) in [5, 5.41) is 2.31. The Labute approximate surface area is 189 Å². The van der Waals surface area contributed by atoms with Crippen LogP contribution in [0, 0.1) is 17.2 Å². The monoisotopic (exact) mass is 468 g/mol. The molecule has 0 spiro atoms. The molecule has 1 aliphatic heterocycles. The summed E-state index contributed by atoms with van der Waals surface area (Å²) in [6.07, 6.45) is 5.66. The van der Waals surface area contributed by atoms with Crippen LogP contribution in [-0.2, 0) is 14.6 Å². The fraction of sp³-hybridized carbons (Fsp3) is 0.652. The summed E-state index contributed by atoms with van der Waals surface area (Å²) in [6.45, 7) is 5.28. The smallest absolute Gasteiger partial charge is 0.324 e. The van der Waals surface area contributed by atoms with Crippen LogP contribution in [0.3, 0.4) is 0 Å². The molecule has 9 heteroatoms. The van der Waals surface area contributed by atoms with E-state index in [0.717, 1.165) is 38.2 Å². The number of amides is 3. The van der Waals surface area contributed by atoms with E-state index in [0.29, 0.717) is 38.5 Å². The summed E-state index contributed by atoms with van der Waals surface area (Å²) in [5.74, 6) is -0.378. The third kappa shape index (κ3) is 7.18. The highest BCUT2D eigenvalue weighted by Gasteiger charge is 2.29. The molecule has 1 saturated heterocycles. The van der Waals surface area contributed by atoms with Crippen LogP contribution in [0.15, 0.2) is 23.1 Å². The molecule has 178 valence electrons. The van der Waals surface area contributed by atoms with Crippen molar-refractivity contribution < 1.29 is 27.1 Å². The van der Waals surface area contributed by atoms with E-state index in [9.17, 15) is 22.4 Å². The molecular weight excluding hydrogens is 435 g/mol. The molecule has 2 fully saturated rings. The summed E-state index contributed by atoms with van der Waals surface area (Å²) in [7, 11) is -3.59. The number of nitrogens with zero attached hydrogens (tertiary/aromatic N) is 1. The van der Waals surface area contributed by atoms with E-state index in [1.807, 2.05) is 13.8 Å². The van der Waals surface area contributed by atoms with E-state index < -0.39 is 21.1 Å². The third-order valence-electron chi connectivity index (χ3n) is 5.94. The Balaban J connectivity index is 1.46. The molecule has 0 unspecified atom stereocenters. The first-order valence-corrected chi connectivity index (χ1v) is 12.9. The number of halogens is 1. The number of urea groups is 1. The molecular formula is C23H33FN2O5S. The highest BCUT2D eigenvalue weighted by molar-refractivity contribution is 7.91. The number of hydrogen-bond donors (Lipinski definition) is 1. The van der Waals surface area contributed by atoms with Crippen molar-refractivity contribution in [3.63, 3.8) is 0 Å². The number of imide groups is 1. The van der Waals surface area contributed by atoms with E-state index >= 15 is 0 Å². The summed E-state index contributed by atoms with van der Waals surface area (Å²) in [4.78, 5) is 24.6. The fourth-order valence-electron chi connectivity index (χ4n) is 3.85. The van der Waals surface area contributed by atoms with Crippen LogP contribution >= 0.6 is 0 Å². The van der Waals surface area contributed by atoms with Crippen LogP contribution in [0.5, 0.6) is 5.75 Å². The van der Waals surface area contributed by atoms with Crippen LogP contribution in [0.25, 0.3) is 0 Å². The van der Waals surface area contributed by atoms with Gasteiger partial charge in [-0.25, -0.2) is 17.6 Å². The van der Waals surface area contributed by atoms with E-state index in [1.165, 1.54) is 12.1 Å². The zero-order chi connectivity index (χ0) is 23.4. The number of carbonyl (C=O) groups is 2. The van der Waals surface area contributed by atoms with Gasteiger partial charge in [-0.05, 0) is 49.1 Å². The molecule has 7 nitrogen and oxygen atoms in total. The molecule has 0 atom stereocenters. The van der Waals surface area contributed by atoms with Gasteiger partial charge >= 0.3 is 6.03 Å². The first kappa shape index (κ1) is 24.5. The third-order valence-corrected chi connectivity index (χ3v) is 8.07. The van der Waals surface area contributed by atoms with E-state index in [1.54, 1.807) is 4.90 Å². The lowest BCUT2D eigenvalue weighted by atomic mass is 9.89. The van der Waals surface area contributed by atoms with Gasteiger partial charge in [0, 0.05) is 25.6 Å². The maximum absolute atomic E-state index is 14.0. The molecule has 1 N–H and O–H groups in total. The molecule has 1 heterocycles. The standard InChI is InChI=1S/C23H33FN2O5S/c1-23(2,11-4-3-5-12-26-13-10-21(27)25-22(26)28)16-32(29,30)18-8-9-19(24)20(14-18)31-15-17-6-7-17/h8-9,14,17H,3-7,10-13,15-16H2,1-2H3,(H,25,27,28). The van der Waals surface area contributed by atoms with Crippen LogP contribution < -0.4 is 10.1 Å². The Morgan fingerprint density at radius 3 is 2.62 bits per heavy atom. The Morgan fingerprint density at radius 2 is 1.94 bits per heavy atom. The Morgan fingerprint density at radius 1 is 1.19 bits per heavy atom. The van der Waals surface area contributed by atoms with Gasteiger partial charge in [-0.3, -0.25) is 10.1 Å². The van der Waals surface area contributed by atoms with Gasteiger partial charge in [-0.1, -0.05) is 26.7 Å². The van der Waals surface area contributed by atoms with Gasteiger partial charge in [0.25, 0.3) is 0 Å². The number of unbranched alkanes of at least 4 members (excludes halogenated alkanes) is 2. The number of nitrogens with one attached hydrogen (secondary N) is 1. The first-order chi connectivity index (χ1) is 15.1. The van der Waals surface area contributed by atoms with Crippen molar-refractivity contribution in [2.24, 2.45) is 11.3 Å². The van der Waals surface area contributed by atoms with E-state index in [-0.39, 0.29) is 28.3 Å². The molecule has 1 aromatic carbocycles. The zero-order valence-electron chi connectivity index (χ0n) is 18.9. The summed E-state index contributed by atoms with van der Waals surface area (Å²) >= 11 is 0. The normalized spacial score (nSPS) is 17.4. The Hall–Kier alpha value is -2.16. The fourth-order valence-corrected chi connectivity index (χ4v) is 5.75. The van der Waals surface area contributed by atoms with Crippen LogP contribution in [0.2, 0.25) is 0 Å². The van der Waals surface area contributed by atoms with Gasteiger partial charge in [0.15, 0.2) is 21.4 Å². The Kier molecular flexibility index (Phi) is 7.79. The minimum Gasteiger partial charge on any atom is -0.490 e. The number of sulfone groups is 1. The number of ether oxygens (including phenoxy) is 1. The van der Waals surface area contributed by atoms with Crippen LogP contribution in [0.4, 0.5) is 9.18 Å². The van der Waals surface area contributed by atoms with Crippen molar-refractivity contribution in [3.05, 3.63) is 24.0 Å². The minimum atomic E-state index is -3.59. The Bertz CT molecular complexity index is 944. The predicted molar refractivity (Wildman–Crippen MR) is 119 cm³/mol. The summed E-state index contributed by atoms with van der Waals surface area (Å²) in [6, 6.07) is 3.43. The molecule has 1 aliphatic carbocycles. The largest absolute Gasteiger partial charge is 0.490 e. The molecule has 1 saturated carbocycles. The second kappa shape index (κ2) is 10.2. The average Bonchev–Trinajstić information content (AvgIpc) is 3.52. The summed E-state index contributed by atoms with van der Waals surface area (Å²) < 4.78 is 45.4. The highest BCUT2D eigenvalue weighted by Crippen LogP contribution is 2.33. The van der Waals surface area contributed by atoms with Gasteiger partial charge in [0.05, 0.1) is 17.3 Å². The van der Waals surface area contributed by atoms with E-state index in [2.05, 4.69) is 5.32 Å². The predicted octanol–water partition coefficient (Wildman–Crippen LogP) is 3.92. The minimum absolute atomic E-state index is 0.000712. The average molecular weight is 469 g/mol. The second-order valence-corrected chi connectivity index (χ2v) is 11.7. The quantitative estimate of drug-likeness (QED) is 0.371. The SMILES string of the molecule is CC(C)(CCCCCN1CCC(=O)NC1=O)CS(=O)(=O)c1ccc(F)c(OCC2CC2)c1. The molecule has 1 aromatic rings. The zero-order valence-corrected chi connectivity index (χ0v) is 19.7. The van der Waals surface area contributed by atoms with Gasteiger partial charge in [0.1, 0.15) is 0 Å². The molecule has 32 heavy (non-hydrogen) atoms. The van der Waals surface area contributed by atoms with Gasteiger partial charge in [-0.2, -0.15) is 0 Å². The molecule has 0 bridgehead atoms. The number of hydrogen-bond acceptors (Lipinski definition) is 5.